The van der Waals surface area contributed by atoms with Gasteiger partial charge in [0.25, 0.3) is 0 Å². The van der Waals surface area contributed by atoms with Gasteiger partial charge in [0.2, 0.25) is 0 Å². The van der Waals surface area contributed by atoms with E-state index in [1.165, 1.54) is 6.20 Å². The molecule has 1 aromatic heterocycles. The molecule has 1 aromatic carbocycles. The van der Waals surface area contributed by atoms with Crippen molar-refractivity contribution >= 4 is 26.9 Å². The highest BCUT2D eigenvalue weighted by molar-refractivity contribution is 7.90. The molecule has 11 heteroatoms. The van der Waals surface area contributed by atoms with E-state index >= 15 is 0 Å². The molecule has 1 fully saturated rings. The van der Waals surface area contributed by atoms with Crippen molar-refractivity contribution < 1.29 is 26.0 Å². The molecule has 166 valence electrons. The van der Waals surface area contributed by atoms with Gasteiger partial charge in [0.05, 0.1) is 5.56 Å². The molecular weight excluding hydrogens is 442 g/mol. The number of anilines is 1. The summed E-state index contributed by atoms with van der Waals surface area (Å²) in [7, 11) is -0.631. The number of halogens is 4. The van der Waals surface area contributed by atoms with Gasteiger partial charge in [-0.15, -0.1) is 11.3 Å². The summed E-state index contributed by atoms with van der Waals surface area (Å²) in [5.74, 6) is -1.86. The normalized spacial score (nSPS) is 20.5. The third-order valence-electron chi connectivity index (χ3n) is 5.24. The van der Waals surface area contributed by atoms with Crippen molar-refractivity contribution in [3.63, 3.8) is 0 Å². The molecule has 0 radical (unpaired) electrons. The van der Waals surface area contributed by atoms with Gasteiger partial charge in [0.15, 0.2) is 9.84 Å². The summed E-state index contributed by atoms with van der Waals surface area (Å²) in [5.41, 5.74) is -1.63. The Labute approximate surface area is 177 Å². The fourth-order valence-electron chi connectivity index (χ4n) is 3.81. The highest BCUT2D eigenvalue weighted by atomic mass is 32.2. The first kappa shape index (κ1) is 23.0. The Balaban J connectivity index is 2.00. The van der Waals surface area contributed by atoms with Crippen molar-refractivity contribution in [2.75, 3.05) is 19.4 Å². The number of aromatic nitrogens is 1. The molecule has 0 aliphatic heterocycles. The average molecular weight is 466 g/mol. The molecule has 0 unspecified atom stereocenters. The number of thiazole rings is 1. The minimum absolute atomic E-state index is 0.00351. The lowest BCUT2D eigenvalue weighted by Gasteiger charge is -2.37. The van der Waals surface area contributed by atoms with Gasteiger partial charge in [-0.3, -0.25) is 0 Å². The van der Waals surface area contributed by atoms with Crippen molar-refractivity contribution in [3.05, 3.63) is 40.1 Å². The Kier molecular flexibility index (Phi) is 6.73. The lowest BCUT2D eigenvalue weighted by Crippen LogP contribution is -2.45. The van der Waals surface area contributed by atoms with Gasteiger partial charge in [-0.2, -0.15) is 13.2 Å². The highest BCUT2D eigenvalue weighted by Gasteiger charge is 2.38. The third kappa shape index (κ3) is 5.12. The summed E-state index contributed by atoms with van der Waals surface area (Å²) in [5, 5.41) is 4.57. The van der Waals surface area contributed by atoms with Crippen LogP contribution in [-0.2, 0) is 21.8 Å². The number of hydrogen-bond acceptors (Lipinski definition) is 6. The molecule has 0 spiro atoms. The molecule has 3 rings (SSSR count). The second-order valence-electron chi connectivity index (χ2n) is 7.58. The molecule has 1 aliphatic rings. The predicted molar refractivity (Wildman–Crippen MR) is 108 cm³/mol. The van der Waals surface area contributed by atoms with E-state index in [4.69, 9.17) is 0 Å². The van der Waals surface area contributed by atoms with Crippen LogP contribution in [0.3, 0.4) is 0 Å². The first-order valence-electron chi connectivity index (χ1n) is 9.44. The van der Waals surface area contributed by atoms with E-state index in [0.29, 0.717) is 18.6 Å². The maximum absolute atomic E-state index is 14.7. The molecule has 0 saturated heterocycles. The van der Waals surface area contributed by atoms with Gasteiger partial charge in [-0.05, 0) is 39.1 Å². The molecule has 30 heavy (non-hydrogen) atoms. The Bertz CT molecular complexity index is 976. The fourth-order valence-corrected chi connectivity index (χ4v) is 6.15. The number of benzene rings is 1. The van der Waals surface area contributed by atoms with Crippen molar-refractivity contribution in [3.8, 4) is 0 Å². The van der Waals surface area contributed by atoms with Gasteiger partial charge in [-0.1, -0.05) is 12.8 Å². The summed E-state index contributed by atoms with van der Waals surface area (Å²) in [6.07, 6.45) is -0.183. The zero-order chi connectivity index (χ0) is 22.1. The Morgan fingerprint density at radius 3 is 2.53 bits per heavy atom. The monoisotopic (exact) mass is 465 g/mol. The summed E-state index contributed by atoms with van der Waals surface area (Å²) < 4.78 is 81.2. The number of sulfone groups is 1. The van der Waals surface area contributed by atoms with Crippen LogP contribution >= 0.6 is 11.3 Å². The van der Waals surface area contributed by atoms with Gasteiger partial charge in [-0.25, -0.2) is 17.8 Å². The molecule has 1 aliphatic carbocycles. The lowest BCUT2D eigenvalue weighted by atomic mass is 9.89. The van der Waals surface area contributed by atoms with E-state index in [2.05, 4.69) is 10.3 Å². The van der Waals surface area contributed by atoms with Crippen LogP contribution in [0.2, 0.25) is 0 Å². The predicted octanol–water partition coefficient (Wildman–Crippen LogP) is 4.56. The number of alkyl halides is 3. The van der Waals surface area contributed by atoms with E-state index in [-0.39, 0.29) is 17.1 Å². The van der Waals surface area contributed by atoms with E-state index in [9.17, 15) is 26.0 Å². The zero-order valence-electron chi connectivity index (χ0n) is 16.5. The van der Waals surface area contributed by atoms with Crippen molar-refractivity contribution in [1.82, 2.24) is 9.88 Å². The molecule has 1 heterocycles. The number of nitrogens with zero attached hydrogens (tertiary/aromatic N) is 2. The molecule has 0 amide bonds. The summed E-state index contributed by atoms with van der Waals surface area (Å²) in [6.45, 7) is 0. The van der Waals surface area contributed by atoms with Crippen LogP contribution in [0.5, 0.6) is 0 Å². The summed E-state index contributed by atoms with van der Waals surface area (Å²) >= 11 is 1.04. The van der Waals surface area contributed by atoms with Crippen LogP contribution in [0, 0.1) is 5.82 Å². The zero-order valence-corrected chi connectivity index (χ0v) is 18.2. The Morgan fingerprint density at radius 1 is 1.23 bits per heavy atom. The van der Waals surface area contributed by atoms with Crippen molar-refractivity contribution in [2.45, 2.75) is 54.6 Å². The topological polar surface area (TPSA) is 62.3 Å². The number of nitrogens with one attached hydrogen (secondary N) is 1. The third-order valence-corrected chi connectivity index (χ3v) is 7.84. The average Bonchev–Trinajstić information content (AvgIpc) is 3.13. The highest BCUT2D eigenvalue weighted by Crippen LogP contribution is 2.39. The molecule has 2 aromatic rings. The molecule has 1 saturated carbocycles. The second kappa shape index (κ2) is 8.80. The van der Waals surface area contributed by atoms with Crippen LogP contribution in [0.4, 0.5) is 23.2 Å². The van der Waals surface area contributed by atoms with Crippen LogP contribution in [0.25, 0.3) is 0 Å². The first-order valence-corrected chi connectivity index (χ1v) is 12.0. The fraction of sp³-hybridized carbons (Fsp3) is 0.526. The molecule has 0 bridgehead atoms. The largest absolute Gasteiger partial charge is 0.418 e. The quantitative estimate of drug-likeness (QED) is 0.634. The van der Waals surface area contributed by atoms with Gasteiger partial charge in [0.1, 0.15) is 21.5 Å². The van der Waals surface area contributed by atoms with Crippen LogP contribution in [0.1, 0.15) is 36.3 Å². The minimum Gasteiger partial charge on any atom is -0.380 e. The molecule has 5 nitrogen and oxygen atoms in total. The van der Waals surface area contributed by atoms with Crippen LogP contribution in [0.15, 0.2) is 28.6 Å². The standard InChI is InChI=1S/C19H23F4N3O2S2/c1-26(2)16-6-4-3-5-14(16)25-15-10-13(20)17(9-12(15)19(21,22)23)30(27,28)11-18-24-7-8-29-18/h7-10,14,16,25H,3-6,11H2,1-2H3/t14-,16-/m0/s1. The van der Waals surface area contributed by atoms with Crippen molar-refractivity contribution in [2.24, 2.45) is 0 Å². The minimum atomic E-state index is -4.84. The molecule has 2 atom stereocenters. The number of rotatable bonds is 6. The maximum Gasteiger partial charge on any atom is 0.418 e. The van der Waals surface area contributed by atoms with Gasteiger partial charge in [0, 0.05) is 29.3 Å². The van der Waals surface area contributed by atoms with Gasteiger partial charge >= 0.3 is 6.18 Å². The number of likely N-dealkylation sites (N-methyl/N-ethyl adjacent to an activating group) is 1. The van der Waals surface area contributed by atoms with E-state index in [0.717, 1.165) is 30.6 Å². The Hall–Kier alpha value is -1.72. The van der Waals surface area contributed by atoms with Gasteiger partial charge < -0.3 is 10.2 Å². The van der Waals surface area contributed by atoms with Crippen LogP contribution in [-0.4, -0.2) is 44.5 Å². The summed E-state index contributed by atoms with van der Waals surface area (Å²) in [6, 6.07) is 0.746. The SMILES string of the molecule is CN(C)[C@H]1CCCC[C@@H]1Nc1cc(F)c(S(=O)(=O)Cc2nccs2)cc1C(F)(F)F. The van der Waals surface area contributed by atoms with E-state index in [1.807, 2.05) is 19.0 Å². The van der Waals surface area contributed by atoms with Crippen LogP contribution < -0.4 is 5.32 Å². The van der Waals surface area contributed by atoms with E-state index in [1.54, 1.807) is 5.38 Å². The van der Waals surface area contributed by atoms with Crippen molar-refractivity contribution in [1.29, 1.82) is 0 Å². The first-order chi connectivity index (χ1) is 14.0. The molecule has 1 N–H and O–H groups in total. The summed E-state index contributed by atoms with van der Waals surface area (Å²) in [4.78, 5) is 4.79. The lowest BCUT2D eigenvalue weighted by molar-refractivity contribution is -0.137. The Morgan fingerprint density at radius 2 is 1.93 bits per heavy atom. The molecular formula is C19H23F4N3O2S2. The van der Waals surface area contributed by atoms with E-state index < -0.39 is 43.7 Å². The number of hydrogen-bond donors (Lipinski definition) is 1. The smallest absolute Gasteiger partial charge is 0.380 e. The second-order valence-corrected chi connectivity index (χ2v) is 10.5. The maximum atomic E-state index is 14.7.